The maximum Gasteiger partial charge on any atom is 0.338 e. The van der Waals surface area contributed by atoms with Gasteiger partial charge in [0.15, 0.2) is 5.82 Å². The minimum absolute atomic E-state index is 0.358. The summed E-state index contributed by atoms with van der Waals surface area (Å²) in [7, 11) is 3.01. The molecule has 0 bridgehead atoms. The van der Waals surface area contributed by atoms with Gasteiger partial charge in [0.05, 0.1) is 31.0 Å². The lowest BCUT2D eigenvalue weighted by molar-refractivity contribution is 0.0600. The topological polar surface area (TPSA) is 71.2 Å². The normalized spacial score (nSPS) is 13.5. The number of carbonyl (C=O) groups excluding carboxylic acids is 1. The van der Waals surface area contributed by atoms with E-state index in [-0.39, 0.29) is 0 Å². The van der Waals surface area contributed by atoms with Crippen LogP contribution in [-0.2, 0) is 17.7 Å². The first kappa shape index (κ1) is 22.2. The van der Waals surface area contributed by atoms with Crippen molar-refractivity contribution in [1.82, 2.24) is 19.1 Å². The lowest BCUT2D eigenvalue weighted by atomic mass is 10.2. The molecule has 0 unspecified atom stereocenters. The van der Waals surface area contributed by atoms with Crippen molar-refractivity contribution < 1.29 is 14.3 Å². The number of pyridine rings is 1. The average Bonchev–Trinajstić information content (AvgIpc) is 3.54. The van der Waals surface area contributed by atoms with Crippen LogP contribution in [0.4, 0.5) is 0 Å². The fraction of sp³-hybridized carbons (Fsp3) is 0.370. The van der Waals surface area contributed by atoms with Crippen LogP contribution >= 0.6 is 0 Å². The molecule has 1 aromatic carbocycles. The van der Waals surface area contributed by atoms with Crippen LogP contribution in [-0.4, -0.2) is 39.3 Å². The molecule has 0 amide bonds. The van der Waals surface area contributed by atoms with Crippen molar-refractivity contribution in [2.75, 3.05) is 14.2 Å². The fourth-order valence-electron chi connectivity index (χ4n) is 4.62. The van der Waals surface area contributed by atoms with E-state index in [0.717, 1.165) is 77.9 Å². The van der Waals surface area contributed by atoms with Crippen molar-refractivity contribution in [2.45, 2.75) is 51.6 Å². The summed E-state index contributed by atoms with van der Waals surface area (Å²) in [5.41, 5.74) is 5.16. The van der Waals surface area contributed by atoms with Crippen molar-refractivity contribution in [1.29, 1.82) is 0 Å². The van der Waals surface area contributed by atoms with Crippen molar-refractivity contribution in [2.24, 2.45) is 0 Å². The zero-order valence-corrected chi connectivity index (χ0v) is 20.0. The van der Waals surface area contributed by atoms with E-state index in [2.05, 4.69) is 40.8 Å². The predicted molar refractivity (Wildman–Crippen MR) is 133 cm³/mol. The van der Waals surface area contributed by atoms with E-state index >= 15 is 0 Å². The Morgan fingerprint density at radius 1 is 1.21 bits per heavy atom. The minimum atomic E-state index is -0.405. The van der Waals surface area contributed by atoms with E-state index in [4.69, 9.17) is 19.4 Å². The Balaban J connectivity index is 1.77. The van der Waals surface area contributed by atoms with E-state index in [9.17, 15) is 4.79 Å². The second-order valence-electron chi connectivity index (χ2n) is 8.76. The number of benzene rings is 1. The summed E-state index contributed by atoms with van der Waals surface area (Å²) in [5.74, 6) is 1.11. The number of fused-ring (bicyclic) bond motifs is 2. The van der Waals surface area contributed by atoms with Crippen LogP contribution in [0.1, 0.15) is 54.7 Å². The van der Waals surface area contributed by atoms with E-state index in [1.165, 1.54) is 7.11 Å². The number of rotatable bonds is 9. The predicted octanol–water partition coefficient (Wildman–Crippen LogP) is 5.71. The number of carbonyl (C=O) groups is 1. The summed E-state index contributed by atoms with van der Waals surface area (Å²) >= 11 is 0. The number of imidazole rings is 1. The van der Waals surface area contributed by atoms with Crippen molar-refractivity contribution in [3.8, 4) is 17.3 Å². The highest BCUT2D eigenvalue weighted by Gasteiger charge is 2.32. The largest absolute Gasteiger partial charge is 0.494 e. The van der Waals surface area contributed by atoms with E-state index in [1.807, 2.05) is 6.08 Å². The molecule has 34 heavy (non-hydrogen) atoms. The number of hydrogen-bond acceptors (Lipinski definition) is 5. The Morgan fingerprint density at radius 3 is 2.71 bits per heavy atom. The Bertz CT molecular complexity index is 1390. The van der Waals surface area contributed by atoms with Gasteiger partial charge in [0, 0.05) is 23.7 Å². The summed E-state index contributed by atoms with van der Waals surface area (Å²) in [6.07, 6.45) is 6.93. The molecule has 0 atom stereocenters. The number of aromatic nitrogens is 4. The van der Waals surface area contributed by atoms with Gasteiger partial charge in [0.25, 0.3) is 0 Å². The van der Waals surface area contributed by atoms with E-state index in [0.29, 0.717) is 17.4 Å². The van der Waals surface area contributed by atoms with Gasteiger partial charge in [-0.1, -0.05) is 13.0 Å². The van der Waals surface area contributed by atoms with Gasteiger partial charge < -0.3 is 18.6 Å². The number of unbranched alkanes of at least 4 members (excludes halogenated alkanes) is 1. The molecule has 0 saturated heterocycles. The third-order valence-corrected chi connectivity index (χ3v) is 6.49. The van der Waals surface area contributed by atoms with Crippen LogP contribution in [0.25, 0.3) is 33.6 Å². The van der Waals surface area contributed by atoms with Gasteiger partial charge in [0.2, 0.25) is 0 Å². The van der Waals surface area contributed by atoms with Gasteiger partial charge in [-0.15, -0.1) is 6.58 Å². The number of hydrogen-bond donors (Lipinski definition) is 0. The van der Waals surface area contributed by atoms with Crippen molar-refractivity contribution in [3.63, 3.8) is 0 Å². The molecule has 1 aliphatic rings. The number of nitrogens with zero attached hydrogens (tertiary/aromatic N) is 4. The highest BCUT2D eigenvalue weighted by Crippen LogP contribution is 2.44. The average molecular weight is 459 g/mol. The number of esters is 1. The van der Waals surface area contributed by atoms with Crippen LogP contribution in [0.2, 0.25) is 0 Å². The summed E-state index contributed by atoms with van der Waals surface area (Å²) < 4.78 is 15.3. The van der Waals surface area contributed by atoms with Gasteiger partial charge in [-0.3, -0.25) is 0 Å². The minimum Gasteiger partial charge on any atom is -0.494 e. The van der Waals surface area contributed by atoms with Crippen molar-refractivity contribution >= 4 is 28.0 Å². The lowest BCUT2D eigenvalue weighted by Crippen LogP contribution is -2.06. The molecule has 0 spiro atoms. The number of ether oxygens (including phenoxy) is 2. The van der Waals surface area contributed by atoms with Crippen molar-refractivity contribution in [3.05, 3.63) is 54.2 Å². The lowest BCUT2D eigenvalue weighted by Gasteiger charge is -2.13. The molecule has 1 saturated carbocycles. The molecule has 3 heterocycles. The molecule has 0 N–H and O–H groups in total. The third kappa shape index (κ3) is 3.75. The maximum atomic E-state index is 12.3. The van der Waals surface area contributed by atoms with Gasteiger partial charge in [-0.25, -0.2) is 14.8 Å². The molecule has 5 rings (SSSR count). The SMILES string of the molecule is C=CCCCn1c(-c2nc3cc(C(=O)OC)cc(OC)c3n2C2CC2)cc2ccc(CC)nc21. The summed E-state index contributed by atoms with van der Waals surface area (Å²) in [6.45, 7) is 6.83. The molecular weight excluding hydrogens is 428 g/mol. The molecular formula is C27H30N4O3. The third-order valence-electron chi connectivity index (χ3n) is 6.49. The Morgan fingerprint density at radius 2 is 2.03 bits per heavy atom. The first-order valence-corrected chi connectivity index (χ1v) is 11.9. The molecule has 7 nitrogen and oxygen atoms in total. The van der Waals surface area contributed by atoms with Crippen LogP contribution in [0.5, 0.6) is 5.75 Å². The number of aryl methyl sites for hydroxylation is 2. The van der Waals surface area contributed by atoms with Crippen LogP contribution in [0.3, 0.4) is 0 Å². The van der Waals surface area contributed by atoms with Crippen LogP contribution < -0.4 is 4.74 Å². The van der Waals surface area contributed by atoms with Gasteiger partial charge >= 0.3 is 5.97 Å². The molecule has 3 aromatic heterocycles. The molecule has 0 radical (unpaired) electrons. The molecule has 7 heteroatoms. The Kier molecular flexibility index (Phi) is 5.86. The molecule has 1 fully saturated rings. The monoisotopic (exact) mass is 458 g/mol. The van der Waals surface area contributed by atoms with Gasteiger partial charge in [-0.2, -0.15) is 0 Å². The smallest absolute Gasteiger partial charge is 0.338 e. The molecule has 176 valence electrons. The van der Waals surface area contributed by atoms with E-state index < -0.39 is 5.97 Å². The number of methoxy groups -OCH3 is 2. The summed E-state index contributed by atoms with van der Waals surface area (Å²) in [5, 5.41) is 1.10. The van der Waals surface area contributed by atoms with Gasteiger partial charge in [0.1, 0.15) is 16.9 Å². The Labute approximate surface area is 199 Å². The van der Waals surface area contributed by atoms with Crippen LogP contribution in [0, 0.1) is 0 Å². The zero-order valence-electron chi connectivity index (χ0n) is 20.0. The molecule has 1 aliphatic carbocycles. The Hall–Kier alpha value is -3.61. The maximum absolute atomic E-state index is 12.3. The quantitative estimate of drug-likeness (QED) is 0.182. The van der Waals surface area contributed by atoms with Gasteiger partial charge in [-0.05, 0) is 62.4 Å². The second-order valence-corrected chi connectivity index (χ2v) is 8.76. The first-order valence-electron chi connectivity index (χ1n) is 11.9. The fourth-order valence-corrected chi connectivity index (χ4v) is 4.62. The highest BCUT2D eigenvalue weighted by molar-refractivity contribution is 5.97. The zero-order chi connectivity index (χ0) is 23.8. The summed E-state index contributed by atoms with van der Waals surface area (Å²) in [4.78, 5) is 22.3. The van der Waals surface area contributed by atoms with E-state index in [1.54, 1.807) is 19.2 Å². The second kappa shape index (κ2) is 8.97. The number of allylic oxidation sites excluding steroid dienone is 1. The standard InChI is InChI=1S/C27H30N4O3/c1-5-7-8-13-30-22(15-17-9-10-19(6-2)28-25(17)30)26-29-21-14-18(27(32)34-4)16-23(33-3)24(21)31(26)20-11-12-20/h5,9-10,14-16,20H,1,6-8,11-13H2,2-4H3. The van der Waals surface area contributed by atoms with Crippen LogP contribution in [0.15, 0.2) is 43.0 Å². The summed E-state index contributed by atoms with van der Waals surface area (Å²) in [6, 6.07) is 10.3. The molecule has 4 aromatic rings. The highest BCUT2D eigenvalue weighted by atomic mass is 16.5. The first-order chi connectivity index (χ1) is 16.6. The molecule has 0 aliphatic heterocycles.